The van der Waals surface area contributed by atoms with E-state index in [-0.39, 0.29) is 23.7 Å². The molecule has 0 spiro atoms. The van der Waals surface area contributed by atoms with Gasteiger partial charge in [-0.3, -0.25) is 0 Å². The van der Waals surface area contributed by atoms with Gasteiger partial charge in [-0.15, -0.1) is 0 Å². The first-order valence-corrected chi connectivity index (χ1v) is 11.4. The van der Waals surface area contributed by atoms with E-state index < -0.39 is 18.2 Å². The molecule has 0 saturated carbocycles. The first-order chi connectivity index (χ1) is 15.4. The van der Waals surface area contributed by atoms with E-state index in [0.717, 1.165) is 18.4 Å². The molecule has 2 saturated heterocycles. The van der Waals surface area contributed by atoms with Crippen LogP contribution >= 0.6 is 0 Å². The maximum Gasteiger partial charge on any atom is 0.407 e. The molecular weight excluding hydrogens is 410 g/mol. The molecular formula is C24H35N3O5. The van der Waals surface area contributed by atoms with Crippen molar-refractivity contribution in [2.75, 3.05) is 26.3 Å². The zero-order chi connectivity index (χ0) is 23.0. The van der Waals surface area contributed by atoms with Crippen LogP contribution in [-0.2, 0) is 20.6 Å². The highest BCUT2D eigenvalue weighted by molar-refractivity contribution is 5.68. The molecule has 32 heavy (non-hydrogen) atoms. The average molecular weight is 446 g/mol. The lowest BCUT2D eigenvalue weighted by atomic mass is 9.88. The van der Waals surface area contributed by atoms with Crippen molar-refractivity contribution in [1.82, 2.24) is 10.6 Å². The van der Waals surface area contributed by atoms with Crippen molar-refractivity contribution in [3.05, 3.63) is 35.9 Å². The van der Waals surface area contributed by atoms with Crippen molar-refractivity contribution in [2.45, 2.75) is 64.1 Å². The largest absolute Gasteiger partial charge is 0.443 e. The second kappa shape index (κ2) is 11.6. The van der Waals surface area contributed by atoms with Crippen LogP contribution < -0.4 is 10.6 Å². The molecule has 1 amide bonds. The summed E-state index contributed by atoms with van der Waals surface area (Å²) in [5, 5.41) is 25.8. The lowest BCUT2D eigenvalue weighted by molar-refractivity contribution is -0.0907. The van der Waals surface area contributed by atoms with Gasteiger partial charge in [0.1, 0.15) is 6.10 Å². The minimum atomic E-state index is -0.808. The zero-order valence-electron chi connectivity index (χ0n) is 19.0. The summed E-state index contributed by atoms with van der Waals surface area (Å²) in [4.78, 5) is 12.7. The number of ether oxygens (including phenoxy) is 3. The Morgan fingerprint density at radius 1 is 1.34 bits per heavy atom. The third-order valence-corrected chi connectivity index (χ3v) is 6.18. The molecule has 8 heteroatoms. The van der Waals surface area contributed by atoms with Gasteiger partial charge in [-0.1, -0.05) is 44.2 Å². The molecule has 2 heterocycles. The van der Waals surface area contributed by atoms with Crippen LogP contribution in [0.15, 0.2) is 30.3 Å². The molecule has 2 fully saturated rings. The Morgan fingerprint density at radius 3 is 2.88 bits per heavy atom. The number of benzene rings is 1. The minimum Gasteiger partial charge on any atom is -0.443 e. The molecule has 2 aliphatic heterocycles. The third-order valence-electron chi connectivity index (χ3n) is 6.18. The Labute approximate surface area is 190 Å². The number of nitrogens with zero attached hydrogens (tertiary/aromatic N) is 1. The summed E-state index contributed by atoms with van der Waals surface area (Å²) in [5.74, 6) is 0.0653. The van der Waals surface area contributed by atoms with E-state index in [2.05, 4.69) is 30.6 Å². The minimum absolute atomic E-state index is 0.0564. The van der Waals surface area contributed by atoms with Crippen molar-refractivity contribution in [3.63, 3.8) is 0 Å². The van der Waals surface area contributed by atoms with E-state index >= 15 is 0 Å². The molecule has 2 aliphatic rings. The van der Waals surface area contributed by atoms with Gasteiger partial charge in [0, 0.05) is 19.5 Å². The van der Waals surface area contributed by atoms with Gasteiger partial charge in [-0.2, -0.15) is 5.26 Å². The highest BCUT2D eigenvalue weighted by Gasteiger charge is 2.44. The molecule has 1 aromatic carbocycles. The van der Waals surface area contributed by atoms with Crippen LogP contribution in [0.5, 0.6) is 0 Å². The lowest BCUT2D eigenvalue weighted by Gasteiger charge is -2.28. The van der Waals surface area contributed by atoms with Crippen LogP contribution in [0.2, 0.25) is 0 Å². The molecule has 176 valence electrons. The summed E-state index contributed by atoms with van der Waals surface area (Å²) in [6.45, 7) is 6.10. The van der Waals surface area contributed by atoms with Crippen LogP contribution in [0.4, 0.5) is 4.79 Å². The Kier molecular flexibility index (Phi) is 8.88. The standard InChI is InChI=1S/C24H35N3O5/c1-24(2,10-6-11-25)16-26-14-20(28)19(13-17-7-4-3-5-8-17)27-23(29)32-21-15-31-22-18(21)9-12-30-22/h3-5,7-8,18-22,26,28H,6,9-10,12-16H2,1-2H3,(H,27,29)/t18?,19-,20+,21?,22?/m0/s1. The summed E-state index contributed by atoms with van der Waals surface area (Å²) in [5.41, 5.74) is 0.957. The summed E-state index contributed by atoms with van der Waals surface area (Å²) in [6.07, 6.45) is 0.580. The van der Waals surface area contributed by atoms with Crippen molar-refractivity contribution < 1.29 is 24.1 Å². The molecule has 0 bridgehead atoms. The highest BCUT2D eigenvalue weighted by Crippen LogP contribution is 2.33. The summed E-state index contributed by atoms with van der Waals surface area (Å²) in [6, 6.07) is 11.4. The fraction of sp³-hybridized carbons (Fsp3) is 0.667. The number of hydrogen-bond acceptors (Lipinski definition) is 7. The van der Waals surface area contributed by atoms with E-state index in [9.17, 15) is 9.90 Å². The Balaban J connectivity index is 1.55. The van der Waals surface area contributed by atoms with E-state index in [1.165, 1.54) is 0 Å². The highest BCUT2D eigenvalue weighted by atomic mass is 16.7. The number of alkyl carbamates (subject to hydrolysis) is 1. The molecule has 5 atom stereocenters. The number of hydrogen-bond donors (Lipinski definition) is 3. The molecule has 0 radical (unpaired) electrons. The summed E-state index contributed by atoms with van der Waals surface area (Å²) < 4.78 is 16.7. The molecule has 3 unspecified atom stereocenters. The monoisotopic (exact) mass is 445 g/mol. The maximum absolute atomic E-state index is 12.7. The molecule has 1 aromatic rings. The van der Waals surface area contributed by atoms with Crippen LogP contribution in [0.3, 0.4) is 0 Å². The smallest absolute Gasteiger partial charge is 0.407 e. The average Bonchev–Trinajstić information content (AvgIpc) is 3.37. The van der Waals surface area contributed by atoms with Gasteiger partial charge in [-0.25, -0.2) is 4.79 Å². The first-order valence-electron chi connectivity index (χ1n) is 11.4. The Hall–Kier alpha value is -2.18. The van der Waals surface area contributed by atoms with Crippen LogP contribution in [0.25, 0.3) is 0 Å². The SMILES string of the molecule is CC(C)(CCC#N)CNC[C@@H](O)[C@H](Cc1ccccc1)NC(=O)OC1COC2OCCC12. The van der Waals surface area contributed by atoms with Crippen LogP contribution in [0, 0.1) is 22.7 Å². The number of rotatable bonds is 11. The molecule has 3 rings (SSSR count). The molecule has 3 N–H and O–H groups in total. The Bertz CT molecular complexity index is 767. The molecule has 8 nitrogen and oxygen atoms in total. The number of carbonyl (C=O) groups excluding carboxylic acids is 1. The summed E-state index contributed by atoms with van der Waals surface area (Å²) in [7, 11) is 0. The Morgan fingerprint density at radius 2 is 2.12 bits per heavy atom. The number of nitrogens with one attached hydrogen (secondary N) is 2. The number of carbonyl (C=O) groups is 1. The van der Waals surface area contributed by atoms with Crippen molar-refractivity contribution in [3.8, 4) is 6.07 Å². The normalized spacial score (nSPS) is 24.4. The number of nitriles is 1. The topological polar surface area (TPSA) is 113 Å². The quantitative estimate of drug-likeness (QED) is 0.479. The number of aliphatic hydroxyl groups excluding tert-OH is 1. The van der Waals surface area contributed by atoms with Crippen molar-refractivity contribution in [2.24, 2.45) is 11.3 Å². The van der Waals surface area contributed by atoms with E-state index in [4.69, 9.17) is 19.5 Å². The zero-order valence-corrected chi connectivity index (χ0v) is 19.0. The van der Waals surface area contributed by atoms with Crippen molar-refractivity contribution in [1.29, 1.82) is 5.26 Å². The maximum atomic E-state index is 12.7. The molecule has 0 aliphatic carbocycles. The second-order valence-corrected chi connectivity index (χ2v) is 9.43. The first kappa shape index (κ1) is 24.5. The van der Waals surface area contributed by atoms with Gasteiger partial charge in [-0.05, 0) is 30.2 Å². The van der Waals surface area contributed by atoms with Gasteiger partial charge in [0.25, 0.3) is 0 Å². The van der Waals surface area contributed by atoms with Gasteiger partial charge in [0.05, 0.1) is 37.3 Å². The number of amides is 1. The predicted octanol–water partition coefficient (Wildman–Crippen LogP) is 2.37. The van der Waals surface area contributed by atoms with Crippen LogP contribution in [0.1, 0.15) is 38.7 Å². The molecule has 0 aromatic heterocycles. The second-order valence-electron chi connectivity index (χ2n) is 9.43. The van der Waals surface area contributed by atoms with E-state index in [1.54, 1.807) is 0 Å². The summed E-state index contributed by atoms with van der Waals surface area (Å²) >= 11 is 0. The number of aliphatic hydroxyl groups is 1. The number of fused-ring (bicyclic) bond motifs is 1. The van der Waals surface area contributed by atoms with Gasteiger partial charge in [0.2, 0.25) is 0 Å². The van der Waals surface area contributed by atoms with Crippen LogP contribution in [-0.4, -0.2) is 62.0 Å². The fourth-order valence-corrected chi connectivity index (χ4v) is 4.21. The van der Waals surface area contributed by atoms with Gasteiger partial charge >= 0.3 is 6.09 Å². The lowest BCUT2D eigenvalue weighted by Crippen LogP contribution is -2.50. The van der Waals surface area contributed by atoms with Crippen molar-refractivity contribution >= 4 is 6.09 Å². The fourth-order valence-electron chi connectivity index (χ4n) is 4.21. The van der Waals surface area contributed by atoms with Gasteiger partial charge < -0.3 is 30.0 Å². The van der Waals surface area contributed by atoms with E-state index in [0.29, 0.717) is 39.1 Å². The predicted molar refractivity (Wildman–Crippen MR) is 119 cm³/mol. The van der Waals surface area contributed by atoms with E-state index in [1.807, 2.05) is 30.3 Å². The third kappa shape index (κ3) is 7.17. The van der Waals surface area contributed by atoms with Gasteiger partial charge in [0.15, 0.2) is 6.29 Å².